The summed E-state index contributed by atoms with van der Waals surface area (Å²) in [6.45, 7) is 6.76. The Morgan fingerprint density at radius 3 is 2.31 bits per heavy atom. The molecule has 0 aliphatic carbocycles. The predicted molar refractivity (Wildman–Crippen MR) is 170 cm³/mol. The Labute approximate surface area is 268 Å². The molecule has 1 aromatic heterocycles. The molecule has 0 N–H and O–H groups in total. The number of thiophene rings is 1. The fourth-order valence-electron chi connectivity index (χ4n) is 4.97. The quantitative estimate of drug-likeness (QED) is 0.189. The second-order valence-electron chi connectivity index (χ2n) is 11.9. The van der Waals surface area contributed by atoms with E-state index in [9.17, 15) is 22.8 Å². The van der Waals surface area contributed by atoms with Gasteiger partial charge in [-0.2, -0.15) is 0 Å². The lowest BCUT2D eigenvalue weighted by atomic mass is 9.89. The zero-order chi connectivity index (χ0) is 32.8. The minimum atomic E-state index is -3.42. The minimum Gasteiger partial charge on any atom is -0.480 e. The van der Waals surface area contributed by atoms with Gasteiger partial charge in [0, 0.05) is 23.5 Å². The van der Waals surface area contributed by atoms with Crippen LogP contribution < -0.4 is 4.74 Å². The highest BCUT2D eigenvalue weighted by atomic mass is 32.2. The molecule has 2 heterocycles. The number of hydrogen-bond acceptors (Lipinski definition) is 10. The average Bonchev–Trinajstić information content (AvgIpc) is 3.35. The first kappa shape index (κ1) is 34.1. The zero-order valence-electron chi connectivity index (χ0n) is 26.2. The number of esters is 3. The van der Waals surface area contributed by atoms with Crippen LogP contribution in [-0.4, -0.2) is 64.2 Å². The van der Waals surface area contributed by atoms with E-state index in [4.69, 9.17) is 18.9 Å². The molecular formula is C33H39NO9S2. The van der Waals surface area contributed by atoms with Gasteiger partial charge in [0.05, 0.1) is 18.3 Å². The van der Waals surface area contributed by atoms with Crippen LogP contribution in [0.4, 0.5) is 0 Å². The van der Waals surface area contributed by atoms with Gasteiger partial charge in [-0.1, -0.05) is 54.6 Å². The molecule has 0 radical (unpaired) electrons. The number of carbonyl (C=O) groups is 3. The zero-order valence-corrected chi connectivity index (χ0v) is 27.8. The molecule has 3 aromatic rings. The molecule has 0 spiro atoms. The van der Waals surface area contributed by atoms with Crippen LogP contribution in [0.2, 0.25) is 0 Å². The van der Waals surface area contributed by atoms with Gasteiger partial charge in [0.1, 0.15) is 5.75 Å². The number of methoxy groups -OCH3 is 1. The molecule has 0 atom stereocenters. The third kappa shape index (κ3) is 8.71. The molecule has 0 unspecified atom stereocenters. The van der Waals surface area contributed by atoms with Crippen molar-refractivity contribution in [2.45, 2.75) is 52.2 Å². The van der Waals surface area contributed by atoms with E-state index in [0.717, 1.165) is 32.9 Å². The standard InChI is InChI=1S/C33H39NO9S2/c1-22-28(41-19-27(35)40-5)30(31(36)42-21-43-32(37)33(2,3)4)44-29(22)26-13-9-12-25(18-26)24-14-16-34(17-15-24)45(38,39)20-23-10-7-6-8-11-23/h6-13,18,24H,14-17,19-21H2,1-5H3. The van der Waals surface area contributed by atoms with Gasteiger partial charge in [-0.3, -0.25) is 4.79 Å². The van der Waals surface area contributed by atoms with Crippen molar-refractivity contribution in [3.05, 3.63) is 76.2 Å². The third-order valence-electron chi connectivity index (χ3n) is 7.49. The Morgan fingerprint density at radius 1 is 0.978 bits per heavy atom. The van der Waals surface area contributed by atoms with Gasteiger partial charge in [0.2, 0.25) is 16.8 Å². The molecule has 0 saturated carbocycles. The summed E-state index contributed by atoms with van der Waals surface area (Å²) in [5.41, 5.74) is 2.56. The number of piperidine rings is 1. The first-order chi connectivity index (χ1) is 21.3. The predicted octanol–water partition coefficient (Wildman–Crippen LogP) is 5.69. The summed E-state index contributed by atoms with van der Waals surface area (Å²) in [4.78, 5) is 37.9. The Kier molecular flexibility index (Phi) is 11.1. The number of ether oxygens (including phenoxy) is 4. The highest BCUT2D eigenvalue weighted by Crippen LogP contribution is 2.43. The van der Waals surface area contributed by atoms with Crippen molar-refractivity contribution in [1.82, 2.24) is 4.31 Å². The van der Waals surface area contributed by atoms with Crippen molar-refractivity contribution in [3.8, 4) is 16.2 Å². The van der Waals surface area contributed by atoms with E-state index < -0.39 is 46.7 Å². The van der Waals surface area contributed by atoms with E-state index in [1.165, 1.54) is 7.11 Å². The van der Waals surface area contributed by atoms with E-state index in [-0.39, 0.29) is 22.3 Å². The molecule has 45 heavy (non-hydrogen) atoms. The molecule has 1 aliphatic rings. The van der Waals surface area contributed by atoms with E-state index in [1.54, 1.807) is 32.0 Å². The van der Waals surface area contributed by atoms with Crippen molar-refractivity contribution in [1.29, 1.82) is 0 Å². The highest BCUT2D eigenvalue weighted by Gasteiger charge is 2.30. The smallest absolute Gasteiger partial charge is 0.355 e. The number of hydrogen-bond donors (Lipinski definition) is 0. The molecular weight excluding hydrogens is 618 g/mol. The second-order valence-corrected chi connectivity index (χ2v) is 14.8. The van der Waals surface area contributed by atoms with Crippen LogP contribution in [0.5, 0.6) is 5.75 Å². The molecule has 1 fully saturated rings. The number of nitrogens with zero attached hydrogens (tertiary/aromatic N) is 1. The first-order valence-corrected chi connectivity index (χ1v) is 17.0. The van der Waals surface area contributed by atoms with E-state index in [0.29, 0.717) is 31.5 Å². The summed E-state index contributed by atoms with van der Waals surface area (Å²) in [6, 6.07) is 17.1. The minimum absolute atomic E-state index is 0.0180. The van der Waals surface area contributed by atoms with Crippen LogP contribution >= 0.6 is 11.3 Å². The lowest BCUT2D eigenvalue weighted by Crippen LogP contribution is -2.38. The Morgan fingerprint density at radius 2 is 1.67 bits per heavy atom. The van der Waals surface area contributed by atoms with Crippen molar-refractivity contribution in [2.75, 3.05) is 33.6 Å². The summed E-state index contributed by atoms with van der Waals surface area (Å²) < 4.78 is 48.4. The summed E-state index contributed by atoms with van der Waals surface area (Å²) >= 11 is 1.15. The number of benzene rings is 2. The van der Waals surface area contributed by atoms with Crippen molar-refractivity contribution in [2.24, 2.45) is 5.41 Å². The fourth-order valence-corrected chi connectivity index (χ4v) is 7.67. The Hall–Kier alpha value is -3.74. The fraction of sp³-hybridized carbons (Fsp3) is 0.424. The highest BCUT2D eigenvalue weighted by molar-refractivity contribution is 7.88. The van der Waals surface area contributed by atoms with Crippen molar-refractivity contribution < 1.29 is 41.7 Å². The van der Waals surface area contributed by atoms with E-state index >= 15 is 0 Å². The van der Waals surface area contributed by atoms with Gasteiger partial charge in [0.15, 0.2) is 11.5 Å². The lowest BCUT2D eigenvalue weighted by Gasteiger charge is -2.31. The summed E-state index contributed by atoms with van der Waals surface area (Å²) in [5.74, 6) is -1.55. The number of sulfonamides is 1. The maximum Gasteiger partial charge on any atom is 0.355 e. The van der Waals surface area contributed by atoms with Crippen LogP contribution in [0.25, 0.3) is 10.4 Å². The Bertz CT molecular complexity index is 1620. The van der Waals surface area contributed by atoms with Crippen LogP contribution in [0.15, 0.2) is 54.6 Å². The van der Waals surface area contributed by atoms with Crippen LogP contribution in [0, 0.1) is 12.3 Å². The normalized spacial score (nSPS) is 14.5. The van der Waals surface area contributed by atoms with E-state index in [2.05, 4.69) is 0 Å². The maximum atomic E-state index is 13.1. The van der Waals surface area contributed by atoms with Gasteiger partial charge in [0.25, 0.3) is 0 Å². The van der Waals surface area contributed by atoms with Gasteiger partial charge in [-0.25, -0.2) is 22.3 Å². The molecule has 2 aromatic carbocycles. The molecule has 1 saturated heterocycles. The molecule has 242 valence electrons. The number of carbonyl (C=O) groups excluding carboxylic acids is 3. The molecule has 4 rings (SSSR count). The second kappa shape index (κ2) is 14.6. The summed E-state index contributed by atoms with van der Waals surface area (Å²) in [6.07, 6.45) is 1.36. The monoisotopic (exact) mass is 657 g/mol. The summed E-state index contributed by atoms with van der Waals surface area (Å²) in [5, 5.41) is 0. The van der Waals surface area contributed by atoms with Gasteiger partial charge < -0.3 is 18.9 Å². The van der Waals surface area contributed by atoms with Crippen LogP contribution in [0.3, 0.4) is 0 Å². The maximum absolute atomic E-state index is 13.1. The largest absolute Gasteiger partial charge is 0.480 e. The molecule has 1 aliphatic heterocycles. The van der Waals surface area contributed by atoms with Crippen LogP contribution in [0.1, 0.15) is 65.9 Å². The Balaban J connectivity index is 1.51. The summed E-state index contributed by atoms with van der Waals surface area (Å²) in [7, 11) is -2.18. The lowest BCUT2D eigenvalue weighted by molar-refractivity contribution is -0.161. The van der Waals surface area contributed by atoms with Crippen molar-refractivity contribution >= 4 is 39.3 Å². The molecule has 12 heteroatoms. The van der Waals surface area contributed by atoms with Crippen molar-refractivity contribution in [3.63, 3.8) is 0 Å². The SMILES string of the molecule is COC(=O)COc1c(C(=O)OCOC(=O)C(C)(C)C)sc(-c2cccc(C3CCN(S(=O)(=O)Cc4ccccc4)CC3)c2)c1C. The molecule has 0 bridgehead atoms. The molecule has 10 nitrogen and oxygen atoms in total. The van der Waals surface area contributed by atoms with Gasteiger partial charge in [-0.15, -0.1) is 11.3 Å². The average molecular weight is 658 g/mol. The van der Waals surface area contributed by atoms with Gasteiger partial charge >= 0.3 is 17.9 Å². The third-order valence-corrected chi connectivity index (χ3v) is 10.6. The van der Waals surface area contributed by atoms with Gasteiger partial charge in [-0.05, 0) is 63.1 Å². The first-order valence-electron chi connectivity index (χ1n) is 14.6. The molecule has 0 amide bonds. The topological polar surface area (TPSA) is 126 Å². The van der Waals surface area contributed by atoms with Crippen LogP contribution in [-0.2, 0) is 39.6 Å². The number of rotatable bonds is 11. The van der Waals surface area contributed by atoms with E-state index in [1.807, 2.05) is 54.6 Å².